The summed E-state index contributed by atoms with van der Waals surface area (Å²) in [5.41, 5.74) is 1.81. The first kappa shape index (κ1) is 15.0. The van der Waals surface area contributed by atoms with Gasteiger partial charge in [0.05, 0.1) is 6.20 Å². The third-order valence-electron chi connectivity index (χ3n) is 3.95. The van der Waals surface area contributed by atoms with E-state index < -0.39 is 0 Å². The molecule has 1 aromatic carbocycles. The van der Waals surface area contributed by atoms with Crippen molar-refractivity contribution in [2.24, 2.45) is 0 Å². The van der Waals surface area contributed by atoms with Crippen molar-refractivity contribution in [3.63, 3.8) is 0 Å². The Hall–Kier alpha value is -1.88. The molecule has 1 N–H and O–H groups in total. The highest BCUT2D eigenvalue weighted by Gasteiger charge is 2.38. The summed E-state index contributed by atoms with van der Waals surface area (Å²) in [6.45, 7) is 8.90. The van der Waals surface area contributed by atoms with Crippen molar-refractivity contribution in [1.82, 2.24) is 15.6 Å². The first-order chi connectivity index (χ1) is 10.3. The fourth-order valence-corrected chi connectivity index (χ4v) is 3.53. The summed E-state index contributed by atoms with van der Waals surface area (Å²) in [7, 11) is 0. The largest absolute Gasteiger partial charge is 0.490 e. The molecule has 0 bridgehead atoms. The molecule has 0 unspecified atom stereocenters. The highest BCUT2D eigenvalue weighted by Crippen LogP contribution is 2.32. The molecule has 1 aliphatic rings. The van der Waals surface area contributed by atoms with Crippen LogP contribution in [0.4, 0.5) is 0 Å². The molecular weight excluding hydrogens is 278 g/mol. The molecule has 0 atom stereocenters. The summed E-state index contributed by atoms with van der Waals surface area (Å²) in [5, 5.41) is 11.2. The Bertz CT molecular complexity index is 619. The van der Waals surface area contributed by atoms with E-state index in [1.807, 2.05) is 24.3 Å². The highest BCUT2D eigenvalue weighted by molar-refractivity contribution is 5.59. The molecule has 2 aromatic rings. The molecule has 0 aliphatic carbocycles. The van der Waals surface area contributed by atoms with Crippen molar-refractivity contribution in [3.8, 4) is 17.0 Å². The number of nitrogens with zero attached hydrogens (tertiary/aromatic N) is 2. The van der Waals surface area contributed by atoms with Crippen LogP contribution in [-0.4, -0.2) is 27.5 Å². The SMILES string of the molecule is CC1(C)CC(Oc2cccc(-c3cnon3)c2)CC(C)(C)N1. The summed E-state index contributed by atoms with van der Waals surface area (Å²) in [4.78, 5) is 0. The lowest BCUT2D eigenvalue weighted by atomic mass is 9.81. The Kier molecular flexibility index (Phi) is 3.68. The van der Waals surface area contributed by atoms with Crippen LogP contribution in [0.15, 0.2) is 35.1 Å². The second-order valence-electron chi connectivity index (χ2n) is 7.36. The first-order valence-corrected chi connectivity index (χ1v) is 7.67. The van der Waals surface area contributed by atoms with E-state index in [-0.39, 0.29) is 17.2 Å². The smallest absolute Gasteiger partial charge is 0.135 e. The predicted octanol–water partition coefficient (Wildman–Crippen LogP) is 3.42. The molecule has 5 heteroatoms. The van der Waals surface area contributed by atoms with Crippen molar-refractivity contribution in [2.75, 3.05) is 0 Å². The topological polar surface area (TPSA) is 60.2 Å². The minimum atomic E-state index is 0.0695. The van der Waals surface area contributed by atoms with E-state index in [2.05, 4.69) is 48.0 Å². The van der Waals surface area contributed by atoms with Crippen LogP contribution in [0.2, 0.25) is 0 Å². The fraction of sp³-hybridized carbons (Fsp3) is 0.529. The van der Waals surface area contributed by atoms with E-state index in [0.717, 1.165) is 29.8 Å². The van der Waals surface area contributed by atoms with Gasteiger partial charge < -0.3 is 10.1 Å². The van der Waals surface area contributed by atoms with Crippen LogP contribution in [0.5, 0.6) is 5.75 Å². The van der Waals surface area contributed by atoms with Gasteiger partial charge in [0.1, 0.15) is 17.5 Å². The number of benzene rings is 1. The molecule has 0 spiro atoms. The van der Waals surface area contributed by atoms with Crippen molar-refractivity contribution in [1.29, 1.82) is 0 Å². The van der Waals surface area contributed by atoms with Gasteiger partial charge in [-0.05, 0) is 45.0 Å². The van der Waals surface area contributed by atoms with E-state index >= 15 is 0 Å². The quantitative estimate of drug-likeness (QED) is 0.941. The van der Waals surface area contributed by atoms with Crippen molar-refractivity contribution >= 4 is 0 Å². The monoisotopic (exact) mass is 301 g/mol. The second-order valence-corrected chi connectivity index (χ2v) is 7.36. The molecule has 0 radical (unpaired) electrons. The normalized spacial score (nSPS) is 20.7. The van der Waals surface area contributed by atoms with E-state index in [1.165, 1.54) is 0 Å². The van der Waals surface area contributed by atoms with E-state index in [0.29, 0.717) is 0 Å². The van der Waals surface area contributed by atoms with E-state index in [4.69, 9.17) is 4.74 Å². The first-order valence-electron chi connectivity index (χ1n) is 7.67. The maximum atomic E-state index is 6.25. The van der Waals surface area contributed by atoms with Crippen molar-refractivity contribution in [3.05, 3.63) is 30.5 Å². The molecule has 1 fully saturated rings. The molecular formula is C17H23N3O2. The summed E-state index contributed by atoms with van der Waals surface area (Å²) in [5.74, 6) is 0.860. The maximum absolute atomic E-state index is 6.25. The van der Waals surface area contributed by atoms with E-state index in [1.54, 1.807) is 6.20 Å². The number of hydrogen-bond donors (Lipinski definition) is 1. The molecule has 0 amide bonds. The highest BCUT2D eigenvalue weighted by atomic mass is 16.6. The molecule has 1 saturated heterocycles. The predicted molar refractivity (Wildman–Crippen MR) is 84.7 cm³/mol. The zero-order valence-electron chi connectivity index (χ0n) is 13.6. The fourth-order valence-electron chi connectivity index (χ4n) is 3.53. The minimum Gasteiger partial charge on any atom is -0.490 e. The van der Waals surface area contributed by atoms with Gasteiger partial charge in [0.25, 0.3) is 0 Å². The van der Waals surface area contributed by atoms with Gasteiger partial charge in [-0.15, -0.1) is 0 Å². The summed E-state index contributed by atoms with van der Waals surface area (Å²) >= 11 is 0. The van der Waals surface area contributed by atoms with Crippen LogP contribution in [-0.2, 0) is 0 Å². The van der Waals surface area contributed by atoms with Gasteiger partial charge >= 0.3 is 0 Å². The standard InChI is InChI=1S/C17H23N3O2/c1-16(2)9-14(10-17(3,4)20-16)21-13-7-5-6-12(8-13)15-11-18-22-19-15/h5-8,11,14,20H,9-10H2,1-4H3. The van der Waals surface area contributed by atoms with Crippen LogP contribution < -0.4 is 10.1 Å². The lowest BCUT2D eigenvalue weighted by Gasteiger charge is -2.46. The van der Waals surface area contributed by atoms with Gasteiger partial charge in [-0.25, -0.2) is 4.63 Å². The second kappa shape index (κ2) is 5.39. The molecule has 1 aromatic heterocycles. The zero-order chi connectivity index (χ0) is 15.8. The number of rotatable bonds is 3. The van der Waals surface area contributed by atoms with Gasteiger partial charge in [-0.1, -0.05) is 17.3 Å². The van der Waals surface area contributed by atoms with Crippen LogP contribution in [0, 0.1) is 0 Å². The van der Waals surface area contributed by atoms with Crippen LogP contribution in [0.1, 0.15) is 40.5 Å². The average molecular weight is 301 g/mol. The molecule has 5 nitrogen and oxygen atoms in total. The number of ether oxygens (including phenoxy) is 1. The minimum absolute atomic E-state index is 0.0695. The lowest BCUT2D eigenvalue weighted by Crippen LogP contribution is -2.60. The third-order valence-corrected chi connectivity index (χ3v) is 3.95. The van der Waals surface area contributed by atoms with Crippen molar-refractivity contribution in [2.45, 2.75) is 57.7 Å². The van der Waals surface area contributed by atoms with E-state index in [9.17, 15) is 0 Å². The Balaban J connectivity index is 1.77. The number of aromatic nitrogens is 2. The Morgan fingerprint density at radius 1 is 1.18 bits per heavy atom. The van der Waals surface area contributed by atoms with Gasteiger partial charge in [0, 0.05) is 29.5 Å². The number of hydrogen-bond acceptors (Lipinski definition) is 5. The van der Waals surface area contributed by atoms with Gasteiger partial charge in [-0.2, -0.15) is 0 Å². The Labute approximate surface area is 131 Å². The molecule has 118 valence electrons. The molecule has 22 heavy (non-hydrogen) atoms. The summed E-state index contributed by atoms with van der Waals surface area (Å²) < 4.78 is 10.9. The average Bonchev–Trinajstić information content (AvgIpc) is 2.88. The maximum Gasteiger partial charge on any atom is 0.135 e. The zero-order valence-corrected chi connectivity index (χ0v) is 13.6. The molecule has 2 heterocycles. The lowest BCUT2D eigenvalue weighted by molar-refractivity contribution is 0.0559. The molecule has 3 rings (SSSR count). The number of piperidine rings is 1. The Morgan fingerprint density at radius 2 is 1.91 bits per heavy atom. The number of nitrogens with one attached hydrogen (secondary N) is 1. The van der Waals surface area contributed by atoms with Gasteiger partial charge in [-0.3, -0.25) is 0 Å². The van der Waals surface area contributed by atoms with Gasteiger partial charge in [0.2, 0.25) is 0 Å². The molecule has 1 aliphatic heterocycles. The van der Waals surface area contributed by atoms with Crippen LogP contribution >= 0.6 is 0 Å². The molecule has 0 saturated carbocycles. The van der Waals surface area contributed by atoms with Crippen LogP contribution in [0.25, 0.3) is 11.3 Å². The summed E-state index contributed by atoms with van der Waals surface area (Å²) in [6, 6.07) is 7.92. The summed E-state index contributed by atoms with van der Waals surface area (Å²) in [6.07, 6.45) is 3.76. The Morgan fingerprint density at radius 3 is 2.55 bits per heavy atom. The van der Waals surface area contributed by atoms with Crippen molar-refractivity contribution < 1.29 is 9.37 Å². The third kappa shape index (κ3) is 3.47. The van der Waals surface area contributed by atoms with Gasteiger partial charge in [0.15, 0.2) is 0 Å². The van der Waals surface area contributed by atoms with Crippen LogP contribution in [0.3, 0.4) is 0 Å².